The van der Waals surface area contributed by atoms with E-state index in [4.69, 9.17) is 9.78 Å². The van der Waals surface area contributed by atoms with Crippen molar-refractivity contribution in [3.63, 3.8) is 0 Å². The standard InChI is InChI=1S/C10H10O2.C10H22O2.C4H6O4/c1-8(11)7-10(12)9-5-3-2-4-6-9;1-3-5-7-9-11-12-10-8-6-4-2;1-3(5)7-8-4(2)6/h2-6H,7H2,1H3;3-10H2,1-2H3;1-2H3. The number of carbonyl (C=O) groups excluding carboxylic acids is 4. The molecule has 0 bridgehead atoms. The maximum absolute atomic E-state index is 11.2. The fourth-order valence-corrected chi connectivity index (χ4v) is 2.01. The largest absolute Gasteiger partial charge is 0.352 e. The van der Waals surface area contributed by atoms with Gasteiger partial charge in [0.1, 0.15) is 5.78 Å². The van der Waals surface area contributed by atoms with Crippen LogP contribution in [0.4, 0.5) is 0 Å². The Bertz CT molecular complexity index is 604. The molecule has 182 valence electrons. The maximum atomic E-state index is 11.2. The van der Waals surface area contributed by atoms with Gasteiger partial charge in [-0.3, -0.25) is 9.59 Å². The predicted molar refractivity (Wildman–Crippen MR) is 121 cm³/mol. The van der Waals surface area contributed by atoms with Crippen molar-refractivity contribution in [1.82, 2.24) is 0 Å². The van der Waals surface area contributed by atoms with E-state index in [0.29, 0.717) is 5.56 Å². The molecule has 0 fully saturated rings. The lowest BCUT2D eigenvalue weighted by Crippen LogP contribution is -2.04. The lowest BCUT2D eigenvalue weighted by molar-refractivity contribution is -0.295. The Labute approximate surface area is 191 Å². The minimum Gasteiger partial charge on any atom is -0.300 e. The van der Waals surface area contributed by atoms with Gasteiger partial charge in [-0.25, -0.2) is 29.1 Å². The summed E-state index contributed by atoms with van der Waals surface area (Å²) in [5, 5.41) is 0. The maximum Gasteiger partial charge on any atom is 0.352 e. The van der Waals surface area contributed by atoms with E-state index < -0.39 is 11.9 Å². The van der Waals surface area contributed by atoms with Gasteiger partial charge in [-0.15, -0.1) is 0 Å². The van der Waals surface area contributed by atoms with Crippen molar-refractivity contribution < 1.29 is 38.7 Å². The molecule has 0 amide bonds. The SMILES string of the molecule is CC(=O)CC(=O)c1ccccc1.CC(=O)OOC(C)=O.CCCCCOOCCCCC. The average Bonchev–Trinajstić information content (AvgIpc) is 2.75. The molecule has 0 aliphatic rings. The number of hydrogen-bond acceptors (Lipinski definition) is 8. The highest BCUT2D eigenvalue weighted by molar-refractivity contribution is 6.07. The van der Waals surface area contributed by atoms with Crippen molar-refractivity contribution in [2.75, 3.05) is 13.2 Å². The van der Waals surface area contributed by atoms with Crippen LogP contribution in [0.3, 0.4) is 0 Å². The number of unbranched alkanes of at least 4 members (excludes halogenated alkanes) is 4. The zero-order valence-corrected chi connectivity index (χ0v) is 20.0. The number of rotatable bonds is 12. The van der Waals surface area contributed by atoms with Crippen molar-refractivity contribution in [3.05, 3.63) is 35.9 Å². The molecule has 0 heterocycles. The monoisotopic (exact) mass is 454 g/mol. The molecule has 0 aromatic heterocycles. The summed E-state index contributed by atoms with van der Waals surface area (Å²) >= 11 is 0. The minimum atomic E-state index is -0.639. The molecule has 32 heavy (non-hydrogen) atoms. The van der Waals surface area contributed by atoms with Crippen molar-refractivity contribution in [2.45, 2.75) is 79.6 Å². The number of carbonyl (C=O) groups is 4. The number of hydrogen-bond donors (Lipinski definition) is 0. The highest BCUT2D eigenvalue weighted by Gasteiger charge is 2.06. The predicted octanol–water partition coefficient (Wildman–Crippen LogP) is 5.19. The Hall–Kier alpha value is -2.58. The molecule has 1 aromatic rings. The summed E-state index contributed by atoms with van der Waals surface area (Å²) in [6, 6.07) is 8.84. The molecule has 0 saturated carbocycles. The number of benzene rings is 1. The summed E-state index contributed by atoms with van der Waals surface area (Å²) < 4.78 is 0. The first-order chi connectivity index (χ1) is 15.2. The van der Waals surface area contributed by atoms with Gasteiger partial charge in [0.2, 0.25) is 0 Å². The van der Waals surface area contributed by atoms with Crippen LogP contribution in [-0.2, 0) is 33.9 Å². The Kier molecular flexibility index (Phi) is 22.8. The first-order valence-corrected chi connectivity index (χ1v) is 10.9. The van der Waals surface area contributed by atoms with E-state index in [-0.39, 0.29) is 18.0 Å². The van der Waals surface area contributed by atoms with Gasteiger partial charge in [-0.1, -0.05) is 69.9 Å². The highest BCUT2D eigenvalue weighted by atomic mass is 17.2. The quantitative estimate of drug-likeness (QED) is 0.140. The third-order valence-electron chi connectivity index (χ3n) is 3.53. The summed E-state index contributed by atoms with van der Waals surface area (Å²) in [5.41, 5.74) is 0.604. The van der Waals surface area contributed by atoms with Gasteiger partial charge in [0.15, 0.2) is 5.78 Å². The smallest absolute Gasteiger partial charge is 0.300 e. The van der Waals surface area contributed by atoms with Gasteiger partial charge in [-0.05, 0) is 19.8 Å². The number of Topliss-reactive ketones (excluding diaryl/α,β-unsaturated/α-hetero) is 2. The zero-order chi connectivity index (χ0) is 24.6. The first-order valence-electron chi connectivity index (χ1n) is 10.9. The molecule has 0 unspecified atom stereocenters. The fraction of sp³-hybridized carbons (Fsp3) is 0.583. The van der Waals surface area contributed by atoms with Crippen molar-refractivity contribution >= 4 is 23.5 Å². The van der Waals surface area contributed by atoms with Crippen molar-refractivity contribution in [3.8, 4) is 0 Å². The van der Waals surface area contributed by atoms with Crippen molar-refractivity contribution in [1.29, 1.82) is 0 Å². The molecule has 0 aliphatic carbocycles. The van der Waals surface area contributed by atoms with E-state index in [1.54, 1.807) is 24.3 Å². The summed E-state index contributed by atoms with van der Waals surface area (Å²) in [4.78, 5) is 59.1. The van der Waals surface area contributed by atoms with Gasteiger partial charge < -0.3 is 0 Å². The van der Waals surface area contributed by atoms with Gasteiger partial charge in [0.25, 0.3) is 0 Å². The van der Waals surface area contributed by atoms with Crippen LogP contribution in [-0.4, -0.2) is 36.7 Å². The van der Waals surface area contributed by atoms with Crippen LogP contribution in [0.25, 0.3) is 0 Å². The van der Waals surface area contributed by atoms with Crippen LogP contribution >= 0.6 is 0 Å². The number of ketones is 2. The molecule has 1 aromatic carbocycles. The van der Waals surface area contributed by atoms with E-state index in [1.165, 1.54) is 32.6 Å². The second-order valence-electron chi connectivity index (χ2n) is 6.88. The molecule has 8 nitrogen and oxygen atoms in total. The summed E-state index contributed by atoms with van der Waals surface area (Å²) in [6.07, 6.45) is 7.17. The van der Waals surface area contributed by atoms with Gasteiger partial charge in [0, 0.05) is 19.4 Å². The minimum absolute atomic E-state index is 0.00398. The van der Waals surface area contributed by atoms with Crippen LogP contribution < -0.4 is 0 Å². The topological polar surface area (TPSA) is 105 Å². The van der Waals surface area contributed by atoms with Crippen LogP contribution in [0.2, 0.25) is 0 Å². The van der Waals surface area contributed by atoms with Crippen LogP contribution in [0.1, 0.15) is 89.9 Å². The summed E-state index contributed by atoms with van der Waals surface area (Å²) in [5.74, 6) is -1.48. The van der Waals surface area contributed by atoms with E-state index in [9.17, 15) is 19.2 Å². The zero-order valence-electron chi connectivity index (χ0n) is 20.0. The molecule has 0 aliphatic heterocycles. The Morgan fingerprint density at radius 1 is 0.688 bits per heavy atom. The first kappa shape index (κ1) is 31.6. The van der Waals surface area contributed by atoms with E-state index in [0.717, 1.165) is 39.9 Å². The normalized spacial score (nSPS) is 9.41. The van der Waals surface area contributed by atoms with Gasteiger partial charge >= 0.3 is 11.9 Å². The van der Waals surface area contributed by atoms with Crippen LogP contribution in [0, 0.1) is 0 Å². The van der Waals surface area contributed by atoms with Crippen molar-refractivity contribution in [2.24, 2.45) is 0 Å². The Morgan fingerprint density at radius 2 is 1.12 bits per heavy atom. The van der Waals surface area contributed by atoms with Gasteiger partial charge in [0.05, 0.1) is 19.6 Å². The average molecular weight is 455 g/mol. The second kappa shape index (κ2) is 23.1. The molecule has 8 heteroatoms. The Balaban J connectivity index is 0. The summed E-state index contributed by atoms with van der Waals surface area (Å²) in [6.45, 7) is 9.57. The van der Waals surface area contributed by atoms with E-state index in [2.05, 4.69) is 23.6 Å². The highest BCUT2D eigenvalue weighted by Crippen LogP contribution is 2.02. The Morgan fingerprint density at radius 3 is 1.47 bits per heavy atom. The van der Waals surface area contributed by atoms with Crippen LogP contribution in [0.5, 0.6) is 0 Å². The molecule has 1 rings (SSSR count). The summed E-state index contributed by atoms with van der Waals surface area (Å²) in [7, 11) is 0. The third-order valence-corrected chi connectivity index (χ3v) is 3.53. The second-order valence-corrected chi connectivity index (χ2v) is 6.88. The van der Waals surface area contributed by atoms with E-state index >= 15 is 0 Å². The molecule has 0 atom stereocenters. The molecule has 0 N–H and O–H groups in total. The van der Waals surface area contributed by atoms with Gasteiger partial charge in [-0.2, -0.15) is 0 Å². The fourth-order valence-electron chi connectivity index (χ4n) is 2.01. The van der Waals surface area contributed by atoms with Crippen LogP contribution in [0.15, 0.2) is 30.3 Å². The molecule has 0 radical (unpaired) electrons. The molecular formula is C24H38O8. The molecular weight excluding hydrogens is 416 g/mol. The van der Waals surface area contributed by atoms with E-state index in [1.807, 2.05) is 6.07 Å². The lowest BCUT2D eigenvalue weighted by atomic mass is 10.1. The lowest BCUT2D eigenvalue weighted by Gasteiger charge is -2.02. The molecule has 0 spiro atoms. The third kappa shape index (κ3) is 25.5. The molecule has 0 saturated heterocycles.